The molecule has 5 nitrogen and oxygen atoms in total. The summed E-state index contributed by atoms with van der Waals surface area (Å²) in [5.74, 6) is -0.261. The van der Waals surface area contributed by atoms with Gasteiger partial charge < -0.3 is 0 Å². The third-order valence-electron chi connectivity index (χ3n) is 3.26. The molecule has 0 fully saturated rings. The van der Waals surface area contributed by atoms with E-state index in [1.807, 2.05) is 0 Å². The molecule has 0 bridgehead atoms. The van der Waals surface area contributed by atoms with Gasteiger partial charge in [-0.3, -0.25) is 14.6 Å². The number of pyridine rings is 1. The second-order valence-corrected chi connectivity index (χ2v) is 5.17. The quantitative estimate of drug-likeness (QED) is 0.643. The summed E-state index contributed by atoms with van der Waals surface area (Å²) >= 11 is 1.22. The molecule has 1 aliphatic rings. The number of hydrogen-bond donors (Lipinski definition) is 0. The van der Waals surface area contributed by atoms with Crippen molar-refractivity contribution in [1.82, 2.24) is 9.36 Å². The minimum absolute atomic E-state index is 0.324. The van der Waals surface area contributed by atoms with E-state index in [-0.39, 0.29) is 11.8 Å². The molecule has 0 saturated carbocycles. The highest BCUT2D eigenvalue weighted by Gasteiger charge is 2.38. The lowest BCUT2D eigenvalue weighted by atomic mass is 10.1. The molecule has 0 atom stereocenters. The first-order chi connectivity index (χ1) is 9.77. The van der Waals surface area contributed by atoms with Crippen LogP contribution < -0.4 is 4.90 Å². The molecule has 96 valence electrons. The fraction of sp³-hybridized carbons (Fsp3) is 0. The van der Waals surface area contributed by atoms with Crippen molar-refractivity contribution in [1.29, 1.82) is 0 Å². The van der Waals surface area contributed by atoms with Gasteiger partial charge in [-0.1, -0.05) is 12.1 Å². The first-order valence-electron chi connectivity index (χ1n) is 5.94. The van der Waals surface area contributed by atoms with Crippen LogP contribution in [0.1, 0.15) is 20.7 Å². The lowest BCUT2D eigenvalue weighted by molar-refractivity contribution is 0.0925. The molecule has 2 amide bonds. The number of rotatable bonds is 1. The minimum Gasteiger partial charge on any atom is -0.268 e. The van der Waals surface area contributed by atoms with Crippen molar-refractivity contribution in [2.24, 2.45) is 0 Å². The number of anilines is 1. The van der Waals surface area contributed by atoms with Crippen LogP contribution >= 0.6 is 11.5 Å². The van der Waals surface area contributed by atoms with Gasteiger partial charge in [0.1, 0.15) is 0 Å². The smallest absolute Gasteiger partial charge is 0.267 e. The van der Waals surface area contributed by atoms with E-state index in [1.165, 1.54) is 11.5 Å². The Hall–Kier alpha value is -2.60. The van der Waals surface area contributed by atoms with E-state index in [0.717, 1.165) is 15.0 Å². The van der Waals surface area contributed by atoms with Crippen LogP contribution in [-0.4, -0.2) is 21.2 Å². The average molecular weight is 281 g/mol. The number of imide groups is 1. The molecule has 0 N–H and O–H groups in total. The number of hydrogen-bond acceptors (Lipinski definition) is 5. The largest absolute Gasteiger partial charge is 0.268 e. The molecule has 2 aromatic heterocycles. The molecule has 0 spiro atoms. The molecule has 0 radical (unpaired) electrons. The van der Waals surface area contributed by atoms with Gasteiger partial charge in [0.05, 0.1) is 15.8 Å². The van der Waals surface area contributed by atoms with Crippen molar-refractivity contribution in [2.45, 2.75) is 0 Å². The Morgan fingerprint density at radius 1 is 1.00 bits per heavy atom. The predicted molar refractivity (Wildman–Crippen MR) is 75.0 cm³/mol. The second kappa shape index (κ2) is 3.94. The number of carbonyl (C=O) groups excluding carboxylic acids is 2. The van der Waals surface area contributed by atoms with Gasteiger partial charge in [-0.05, 0) is 29.7 Å². The van der Waals surface area contributed by atoms with Gasteiger partial charge in [-0.15, -0.1) is 0 Å². The van der Waals surface area contributed by atoms with Crippen molar-refractivity contribution in [3.05, 3.63) is 53.9 Å². The summed E-state index contributed by atoms with van der Waals surface area (Å²) in [5.41, 5.74) is 0.848. The Morgan fingerprint density at radius 3 is 2.40 bits per heavy atom. The molecule has 4 rings (SSSR count). The summed E-state index contributed by atoms with van der Waals surface area (Å²) in [6.45, 7) is 0. The van der Waals surface area contributed by atoms with Crippen LogP contribution in [0, 0.1) is 0 Å². The fourth-order valence-corrected chi connectivity index (χ4v) is 3.05. The van der Waals surface area contributed by atoms with Crippen molar-refractivity contribution >= 4 is 39.3 Å². The highest BCUT2D eigenvalue weighted by atomic mass is 32.1. The SMILES string of the molecule is O=C1c2ccccc2C(=O)N1c1nsc2cnccc12. The number of carbonyl (C=O) groups is 2. The molecule has 20 heavy (non-hydrogen) atoms. The van der Waals surface area contributed by atoms with Crippen molar-refractivity contribution in [3.8, 4) is 0 Å². The van der Waals surface area contributed by atoms with E-state index in [4.69, 9.17) is 0 Å². The normalized spacial score (nSPS) is 14.1. The molecule has 0 aliphatic carbocycles. The topological polar surface area (TPSA) is 63.2 Å². The van der Waals surface area contributed by atoms with Gasteiger partial charge in [0.2, 0.25) is 0 Å². The number of benzene rings is 1. The van der Waals surface area contributed by atoms with Gasteiger partial charge in [0, 0.05) is 17.8 Å². The van der Waals surface area contributed by atoms with Gasteiger partial charge in [0.25, 0.3) is 11.8 Å². The zero-order valence-electron chi connectivity index (χ0n) is 10.1. The van der Waals surface area contributed by atoms with Gasteiger partial charge in [0.15, 0.2) is 5.82 Å². The lowest BCUT2D eigenvalue weighted by Crippen LogP contribution is -2.29. The Balaban J connectivity index is 1.93. The Morgan fingerprint density at radius 2 is 1.70 bits per heavy atom. The molecular weight excluding hydrogens is 274 g/mol. The Kier molecular flexibility index (Phi) is 2.22. The number of fused-ring (bicyclic) bond motifs is 2. The zero-order valence-corrected chi connectivity index (χ0v) is 10.9. The molecule has 1 aliphatic heterocycles. The summed E-state index contributed by atoms with van der Waals surface area (Å²) in [7, 11) is 0. The Bertz CT molecular complexity index is 836. The number of amides is 2. The molecule has 6 heteroatoms. The number of aromatic nitrogens is 2. The standard InChI is InChI=1S/C14H7N3O2S/c18-13-8-3-1-2-4-9(8)14(19)17(13)12-10-5-6-15-7-11(10)20-16-12/h1-7H. The third kappa shape index (κ3) is 1.36. The van der Waals surface area contributed by atoms with Crippen LogP contribution in [-0.2, 0) is 0 Å². The molecule has 1 aromatic carbocycles. The molecular formula is C14H7N3O2S. The fourth-order valence-electron chi connectivity index (χ4n) is 2.32. The molecule has 3 aromatic rings. The van der Waals surface area contributed by atoms with E-state index in [0.29, 0.717) is 16.9 Å². The molecule has 3 heterocycles. The monoisotopic (exact) mass is 281 g/mol. The highest BCUT2D eigenvalue weighted by molar-refractivity contribution is 7.13. The first-order valence-corrected chi connectivity index (χ1v) is 6.72. The van der Waals surface area contributed by atoms with E-state index in [1.54, 1.807) is 42.7 Å². The van der Waals surface area contributed by atoms with Crippen LogP contribution in [0.4, 0.5) is 5.82 Å². The van der Waals surface area contributed by atoms with Crippen LogP contribution in [0.3, 0.4) is 0 Å². The maximum absolute atomic E-state index is 12.4. The first kappa shape index (κ1) is 11.2. The zero-order chi connectivity index (χ0) is 13.7. The van der Waals surface area contributed by atoms with Crippen molar-refractivity contribution in [3.63, 3.8) is 0 Å². The molecule has 0 saturated heterocycles. The van der Waals surface area contributed by atoms with Crippen LogP contribution in [0.5, 0.6) is 0 Å². The number of nitrogens with zero attached hydrogens (tertiary/aromatic N) is 3. The van der Waals surface area contributed by atoms with E-state index < -0.39 is 0 Å². The maximum Gasteiger partial charge on any atom is 0.267 e. The van der Waals surface area contributed by atoms with E-state index in [9.17, 15) is 9.59 Å². The average Bonchev–Trinajstić information content (AvgIpc) is 3.01. The van der Waals surface area contributed by atoms with Gasteiger partial charge >= 0.3 is 0 Å². The summed E-state index contributed by atoms with van der Waals surface area (Å²) in [6.07, 6.45) is 3.30. The maximum atomic E-state index is 12.4. The van der Waals surface area contributed by atoms with Crippen LogP contribution in [0.25, 0.3) is 10.1 Å². The summed E-state index contributed by atoms with van der Waals surface area (Å²) < 4.78 is 5.09. The van der Waals surface area contributed by atoms with Crippen molar-refractivity contribution in [2.75, 3.05) is 4.90 Å². The van der Waals surface area contributed by atoms with Gasteiger partial charge in [-0.2, -0.15) is 4.37 Å². The molecule has 0 unspecified atom stereocenters. The van der Waals surface area contributed by atoms with Crippen molar-refractivity contribution < 1.29 is 9.59 Å². The summed E-state index contributed by atoms with van der Waals surface area (Å²) in [4.78, 5) is 30.0. The summed E-state index contributed by atoms with van der Waals surface area (Å²) in [6, 6.07) is 8.57. The summed E-state index contributed by atoms with van der Waals surface area (Å²) in [5, 5.41) is 0.763. The van der Waals surface area contributed by atoms with Crippen LogP contribution in [0.15, 0.2) is 42.7 Å². The van der Waals surface area contributed by atoms with E-state index >= 15 is 0 Å². The lowest BCUT2D eigenvalue weighted by Gasteiger charge is -2.10. The Labute approximate surface area is 117 Å². The van der Waals surface area contributed by atoms with Crippen LogP contribution in [0.2, 0.25) is 0 Å². The van der Waals surface area contributed by atoms with E-state index in [2.05, 4.69) is 9.36 Å². The highest BCUT2D eigenvalue weighted by Crippen LogP contribution is 2.34. The predicted octanol–water partition coefficient (Wildman–Crippen LogP) is 2.49. The van der Waals surface area contributed by atoms with Gasteiger partial charge in [-0.25, -0.2) is 4.90 Å². The minimum atomic E-state index is -0.324. The third-order valence-corrected chi connectivity index (χ3v) is 4.05. The second-order valence-electron chi connectivity index (χ2n) is 4.37.